The molecule has 56 heavy (non-hydrogen) atoms. The van der Waals surface area contributed by atoms with E-state index in [1.807, 2.05) is 0 Å². The standard InChI is InChI=1S/C34H26O22/c35-12-1-8(2-13(36)21(12)41)30(47)55-28-27-18(53-34(51)29(28)56-31(48)9-3-14(37)22(42)15(38)4-9)7-52-32(49)10-5-16(39)23(43)25(45)19(10)20-11(33(50)54-27)6-17(40)24(44)26(20)46/h1-6,18,27-29,34-46,51H,7H2/t18?,27-,28?,29+,34-/m1/s1. The lowest BCUT2D eigenvalue weighted by Crippen LogP contribution is -2.62. The molecular formula is C34H26O22. The largest absolute Gasteiger partial charge is 0.504 e. The van der Waals surface area contributed by atoms with E-state index in [0.29, 0.717) is 36.4 Å². The summed E-state index contributed by atoms with van der Waals surface area (Å²) in [5.41, 5.74) is -5.28. The number of phenols is 12. The number of aromatic hydroxyl groups is 12. The van der Waals surface area contributed by atoms with Gasteiger partial charge in [-0.15, -0.1) is 0 Å². The van der Waals surface area contributed by atoms with Gasteiger partial charge in [0.25, 0.3) is 0 Å². The van der Waals surface area contributed by atoms with E-state index in [9.17, 15) is 85.6 Å². The molecule has 0 saturated carbocycles. The van der Waals surface area contributed by atoms with Gasteiger partial charge in [-0.05, 0) is 36.4 Å². The second kappa shape index (κ2) is 13.9. The lowest BCUT2D eigenvalue weighted by molar-refractivity contribution is -0.284. The van der Waals surface area contributed by atoms with E-state index in [2.05, 4.69) is 0 Å². The molecule has 2 heterocycles. The van der Waals surface area contributed by atoms with Crippen molar-refractivity contribution in [1.29, 1.82) is 0 Å². The first-order valence-electron chi connectivity index (χ1n) is 15.5. The number of aliphatic hydroxyl groups excluding tert-OH is 1. The van der Waals surface area contributed by atoms with Gasteiger partial charge in [0.05, 0.1) is 22.3 Å². The summed E-state index contributed by atoms with van der Waals surface area (Å²) in [5.74, 6) is -20.2. The van der Waals surface area contributed by atoms with Crippen molar-refractivity contribution in [2.24, 2.45) is 0 Å². The Bertz CT molecular complexity index is 2290. The molecule has 2 aliphatic heterocycles. The predicted molar refractivity (Wildman–Crippen MR) is 174 cm³/mol. The van der Waals surface area contributed by atoms with Gasteiger partial charge in [0.2, 0.25) is 11.5 Å². The molecule has 13 N–H and O–H groups in total. The molecule has 22 heteroatoms. The molecule has 5 atom stereocenters. The van der Waals surface area contributed by atoms with E-state index < -0.39 is 164 Å². The van der Waals surface area contributed by atoms with E-state index in [0.717, 1.165) is 0 Å². The Labute approximate surface area is 309 Å². The predicted octanol–water partition coefficient (Wildman–Crippen LogP) is 0.685. The molecule has 1 fully saturated rings. The van der Waals surface area contributed by atoms with Crippen molar-refractivity contribution < 1.29 is 109 Å². The molecule has 2 unspecified atom stereocenters. The zero-order valence-electron chi connectivity index (χ0n) is 27.5. The van der Waals surface area contributed by atoms with E-state index >= 15 is 0 Å². The van der Waals surface area contributed by atoms with Crippen LogP contribution in [0.2, 0.25) is 0 Å². The van der Waals surface area contributed by atoms with Crippen LogP contribution in [-0.4, -0.2) is 128 Å². The van der Waals surface area contributed by atoms with E-state index in [4.69, 9.17) is 23.7 Å². The molecule has 6 rings (SSSR count). The van der Waals surface area contributed by atoms with Crippen molar-refractivity contribution in [3.05, 3.63) is 58.7 Å². The maximum Gasteiger partial charge on any atom is 0.339 e. The third kappa shape index (κ3) is 6.45. The number of hydrogen-bond acceptors (Lipinski definition) is 22. The van der Waals surface area contributed by atoms with Gasteiger partial charge >= 0.3 is 23.9 Å². The highest BCUT2D eigenvalue weighted by atomic mass is 16.7. The number of benzene rings is 4. The van der Waals surface area contributed by atoms with E-state index in [1.165, 1.54) is 0 Å². The van der Waals surface area contributed by atoms with Crippen LogP contribution in [0, 0.1) is 0 Å². The minimum absolute atomic E-state index is 0.459. The van der Waals surface area contributed by atoms with Crippen molar-refractivity contribution in [3.63, 3.8) is 0 Å². The Morgan fingerprint density at radius 2 is 0.929 bits per heavy atom. The summed E-state index contributed by atoms with van der Waals surface area (Å²) < 4.78 is 27.0. The Balaban J connectivity index is 1.51. The van der Waals surface area contributed by atoms with Crippen LogP contribution in [0.4, 0.5) is 0 Å². The number of aliphatic hydroxyl groups is 1. The highest BCUT2D eigenvalue weighted by Gasteiger charge is 2.53. The number of cyclic esters (lactones) is 1. The summed E-state index contributed by atoms with van der Waals surface area (Å²) in [7, 11) is 0. The first-order valence-corrected chi connectivity index (χ1v) is 15.5. The average Bonchev–Trinajstić information content (AvgIpc) is 3.16. The Morgan fingerprint density at radius 3 is 1.38 bits per heavy atom. The van der Waals surface area contributed by atoms with Crippen LogP contribution in [0.1, 0.15) is 41.4 Å². The Morgan fingerprint density at radius 1 is 0.536 bits per heavy atom. The summed E-state index contributed by atoms with van der Waals surface area (Å²) in [5, 5.41) is 133. The smallest absolute Gasteiger partial charge is 0.339 e. The molecule has 0 spiro atoms. The van der Waals surface area contributed by atoms with Gasteiger partial charge in [-0.2, -0.15) is 0 Å². The van der Waals surface area contributed by atoms with Crippen LogP contribution in [0.25, 0.3) is 11.1 Å². The van der Waals surface area contributed by atoms with Crippen molar-refractivity contribution >= 4 is 23.9 Å². The second-order valence-corrected chi connectivity index (χ2v) is 12.0. The summed E-state index contributed by atoms with van der Waals surface area (Å²) >= 11 is 0. The number of carbonyl (C=O) groups is 4. The van der Waals surface area contributed by atoms with Crippen LogP contribution < -0.4 is 0 Å². The second-order valence-electron chi connectivity index (χ2n) is 12.0. The molecule has 0 aromatic heterocycles. The highest BCUT2D eigenvalue weighted by Crippen LogP contribution is 2.53. The van der Waals surface area contributed by atoms with Gasteiger partial charge in [-0.3, -0.25) is 0 Å². The quantitative estimate of drug-likeness (QED) is 0.0768. The zero-order valence-corrected chi connectivity index (χ0v) is 27.5. The number of ether oxygens (including phenoxy) is 5. The lowest BCUT2D eigenvalue weighted by Gasteiger charge is -2.42. The fourth-order valence-electron chi connectivity index (χ4n) is 5.80. The molecule has 0 bridgehead atoms. The molecule has 22 nitrogen and oxygen atoms in total. The van der Waals surface area contributed by atoms with Crippen LogP contribution in [0.5, 0.6) is 69.0 Å². The number of phenolic OH excluding ortho intramolecular Hbond substituents is 12. The summed E-state index contributed by atoms with van der Waals surface area (Å²) in [4.78, 5) is 54.3. The number of fused-ring (bicyclic) bond motifs is 4. The third-order valence-electron chi connectivity index (χ3n) is 8.53. The molecular weight excluding hydrogens is 760 g/mol. The summed E-state index contributed by atoms with van der Waals surface area (Å²) in [6, 6.07) is 3.41. The minimum atomic E-state index is -2.42. The van der Waals surface area contributed by atoms with E-state index in [-0.39, 0.29) is 0 Å². The van der Waals surface area contributed by atoms with Gasteiger partial charge in [-0.25, -0.2) is 19.2 Å². The van der Waals surface area contributed by atoms with Crippen molar-refractivity contribution in [2.75, 3.05) is 6.61 Å². The Hall–Kier alpha value is -7.72. The number of carbonyl (C=O) groups excluding carboxylic acids is 4. The molecule has 4 aromatic carbocycles. The molecule has 0 aliphatic carbocycles. The number of esters is 4. The fraction of sp³-hybridized carbons (Fsp3) is 0.176. The lowest BCUT2D eigenvalue weighted by atomic mass is 9.92. The van der Waals surface area contributed by atoms with Crippen LogP contribution >= 0.6 is 0 Å². The zero-order chi connectivity index (χ0) is 41.1. The number of rotatable bonds is 4. The van der Waals surface area contributed by atoms with Gasteiger partial charge in [-0.1, -0.05) is 0 Å². The maximum absolute atomic E-state index is 14.0. The fourth-order valence-corrected chi connectivity index (χ4v) is 5.80. The summed E-state index contributed by atoms with van der Waals surface area (Å²) in [6.45, 7) is -1.09. The molecule has 2 aliphatic rings. The van der Waals surface area contributed by atoms with Crippen molar-refractivity contribution in [1.82, 2.24) is 0 Å². The monoisotopic (exact) mass is 786 g/mol. The number of hydrogen-bond donors (Lipinski definition) is 13. The summed E-state index contributed by atoms with van der Waals surface area (Å²) in [6.07, 6.45) is -11.2. The normalized spacial score (nSPS) is 20.6. The topological polar surface area (TPSA) is 377 Å². The van der Waals surface area contributed by atoms with Crippen molar-refractivity contribution in [3.8, 4) is 80.1 Å². The molecule has 4 aromatic rings. The molecule has 0 amide bonds. The SMILES string of the molecule is O=C(OC1[C@@H]2OC(=O)c3cc(O)c(O)c(O)c3-c3c(cc(O)c(O)c3O)C(=O)OCC2O[C@@H](O)[C@H]1OC(=O)c1cc(O)c(O)c(O)c1)c1cc(O)c(O)c(O)c1. The maximum atomic E-state index is 14.0. The minimum Gasteiger partial charge on any atom is -0.504 e. The first kappa shape index (κ1) is 38.0. The van der Waals surface area contributed by atoms with E-state index in [1.54, 1.807) is 0 Å². The molecule has 0 radical (unpaired) electrons. The van der Waals surface area contributed by atoms with Crippen molar-refractivity contribution in [2.45, 2.75) is 30.7 Å². The van der Waals surface area contributed by atoms with Crippen LogP contribution in [-0.2, 0) is 23.7 Å². The van der Waals surface area contributed by atoms with Gasteiger partial charge in [0.15, 0.2) is 82.1 Å². The van der Waals surface area contributed by atoms with Crippen LogP contribution in [0.15, 0.2) is 36.4 Å². The Kier molecular flexibility index (Phi) is 9.45. The molecule has 294 valence electrons. The van der Waals surface area contributed by atoms with Crippen LogP contribution in [0.3, 0.4) is 0 Å². The van der Waals surface area contributed by atoms with Gasteiger partial charge < -0.3 is 90.1 Å². The van der Waals surface area contributed by atoms with Gasteiger partial charge in [0.1, 0.15) is 12.7 Å². The van der Waals surface area contributed by atoms with Gasteiger partial charge in [0, 0.05) is 11.1 Å². The molecule has 1 saturated heterocycles. The first-order chi connectivity index (χ1) is 26.3. The third-order valence-corrected chi connectivity index (χ3v) is 8.53. The average molecular weight is 787 g/mol. The highest BCUT2D eigenvalue weighted by molar-refractivity contribution is 6.08.